The first-order chi connectivity index (χ1) is 9.26. The standard InChI is InChI=1S/C17H25NO/c1-4-13(3)12-16(18-5-2)17-15-9-7-6-8-14(15)10-11-19-17/h6-9,16-18H,3-5,10-12H2,1-2H3. The minimum atomic E-state index is 0.160. The largest absolute Gasteiger partial charge is 0.372 e. The van der Waals surface area contributed by atoms with E-state index in [2.05, 4.69) is 50.0 Å². The van der Waals surface area contributed by atoms with Gasteiger partial charge >= 0.3 is 0 Å². The van der Waals surface area contributed by atoms with Crippen LogP contribution in [-0.2, 0) is 11.2 Å². The van der Waals surface area contributed by atoms with Crippen molar-refractivity contribution < 1.29 is 4.74 Å². The van der Waals surface area contributed by atoms with Crippen LogP contribution in [0.4, 0.5) is 0 Å². The summed E-state index contributed by atoms with van der Waals surface area (Å²) in [5.41, 5.74) is 4.07. The maximum atomic E-state index is 6.06. The molecule has 104 valence electrons. The summed E-state index contributed by atoms with van der Waals surface area (Å²) in [6, 6.07) is 8.99. The zero-order valence-electron chi connectivity index (χ0n) is 12.1. The summed E-state index contributed by atoms with van der Waals surface area (Å²) in [4.78, 5) is 0. The molecule has 0 spiro atoms. The van der Waals surface area contributed by atoms with Crippen LogP contribution in [-0.4, -0.2) is 19.2 Å². The molecule has 0 saturated heterocycles. The number of likely N-dealkylation sites (N-methyl/N-ethyl adjacent to an activating group) is 1. The quantitative estimate of drug-likeness (QED) is 0.788. The van der Waals surface area contributed by atoms with Gasteiger partial charge in [-0.3, -0.25) is 0 Å². The first-order valence-corrected chi connectivity index (χ1v) is 7.35. The van der Waals surface area contributed by atoms with E-state index in [1.165, 1.54) is 16.7 Å². The molecule has 2 unspecified atom stereocenters. The van der Waals surface area contributed by atoms with Gasteiger partial charge in [-0.15, -0.1) is 0 Å². The molecule has 1 aliphatic heterocycles. The van der Waals surface area contributed by atoms with Gasteiger partial charge in [0.05, 0.1) is 12.7 Å². The molecule has 2 atom stereocenters. The second-order valence-corrected chi connectivity index (χ2v) is 5.21. The van der Waals surface area contributed by atoms with E-state index >= 15 is 0 Å². The van der Waals surface area contributed by atoms with Crippen molar-refractivity contribution in [2.75, 3.05) is 13.2 Å². The Morgan fingerprint density at radius 1 is 1.42 bits per heavy atom. The Labute approximate surface area is 116 Å². The molecule has 0 amide bonds. The molecule has 1 aliphatic rings. The van der Waals surface area contributed by atoms with E-state index in [0.29, 0.717) is 6.04 Å². The minimum absolute atomic E-state index is 0.160. The fourth-order valence-corrected chi connectivity index (χ4v) is 2.76. The molecule has 1 heterocycles. The highest BCUT2D eigenvalue weighted by Gasteiger charge is 2.28. The third-order valence-corrected chi connectivity index (χ3v) is 3.87. The predicted molar refractivity (Wildman–Crippen MR) is 80.4 cm³/mol. The molecular formula is C17H25NO. The zero-order valence-corrected chi connectivity index (χ0v) is 12.1. The Bertz CT molecular complexity index is 427. The minimum Gasteiger partial charge on any atom is -0.372 e. The molecule has 0 radical (unpaired) electrons. The highest BCUT2D eigenvalue weighted by molar-refractivity contribution is 5.32. The molecule has 0 bridgehead atoms. The van der Waals surface area contributed by atoms with Crippen LogP contribution in [0.15, 0.2) is 36.4 Å². The molecule has 2 nitrogen and oxygen atoms in total. The van der Waals surface area contributed by atoms with Crippen molar-refractivity contribution in [3.63, 3.8) is 0 Å². The third-order valence-electron chi connectivity index (χ3n) is 3.87. The van der Waals surface area contributed by atoms with Crippen LogP contribution in [0.1, 0.15) is 43.9 Å². The van der Waals surface area contributed by atoms with Crippen LogP contribution >= 0.6 is 0 Å². The van der Waals surface area contributed by atoms with Crippen molar-refractivity contribution in [1.82, 2.24) is 5.32 Å². The summed E-state index contributed by atoms with van der Waals surface area (Å²) in [6.07, 6.45) is 3.22. The fraction of sp³-hybridized carbons (Fsp3) is 0.529. The Morgan fingerprint density at radius 2 is 2.21 bits per heavy atom. The lowest BCUT2D eigenvalue weighted by Gasteiger charge is -2.33. The molecule has 1 N–H and O–H groups in total. The number of nitrogens with one attached hydrogen (secondary N) is 1. The van der Waals surface area contributed by atoms with Crippen molar-refractivity contribution in [3.8, 4) is 0 Å². The Morgan fingerprint density at radius 3 is 2.95 bits per heavy atom. The summed E-state index contributed by atoms with van der Waals surface area (Å²) in [6.45, 7) is 10.3. The van der Waals surface area contributed by atoms with Crippen LogP contribution in [0.5, 0.6) is 0 Å². The lowest BCUT2D eigenvalue weighted by Crippen LogP contribution is -2.38. The third kappa shape index (κ3) is 3.46. The average Bonchev–Trinajstić information content (AvgIpc) is 2.46. The van der Waals surface area contributed by atoms with Gasteiger partial charge < -0.3 is 10.1 Å². The van der Waals surface area contributed by atoms with Crippen LogP contribution in [0.2, 0.25) is 0 Å². The molecule has 2 heteroatoms. The summed E-state index contributed by atoms with van der Waals surface area (Å²) in [5.74, 6) is 0. The number of hydrogen-bond donors (Lipinski definition) is 1. The summed E-state index contributed by atoms with van der Waals surface area (Å²) in [7, 11) is 0. The topological polar surface area (TPSA) is 21.3 Å². The first-order valence-electron chi connectivity index (χ1n) is 7.35. The van der Waals surface area contributed by atoms with Gasteiger partial charge in [-0.05, 0) is 36.9 Å². The average molecular weight is 259 g/mol. The molecule has 0 aliphatic carbocycles. The van der Waals surface area contributed by atoms with Gasteiger partial charge in [0.2, 0.25) is 0 Å². The smallest absolute Gasteiger partial charge is 0.0983 e. The molecule has 1 aromatic rings. The number of ether oxygens (including phenoxy) is 1. The van der Waals surface area contributed by atoms with Crippen molar-refractivity contribution in [2.24, 2.45) is 0 Å². The highest BCUT2D eigenvalue weighted by Crippen LogP contribution is 2.32. The molecule has 19 heavy (non-hydrogen) atoms. The van der Waals surface area contributed by atoms with Gasteiger partial charge in [0.25, 0.3) is 0 Å². The maximum absolute atomic E-state index is 6.06. The molecule has 2 rings (SSSR count). The van der Waals surface area contributed by atoms with Gasteiger partial charge in [-0.2, -0.15) is 0 Å². The van der Waals surface area contributed by atoms with Crippen LogP contribution in [0, 0.1) is 0 Å². The van der Waals surface area contributed by atoms with Crippen LogP contribution < -0.4 is 5.32 Å². The first kappa shape index (κ1) is 14.3. The zero-order chi connectivity index (χ0) is 13.7. The van der Waals surface area contributed by atoms with Crippen LogP contribution in [0.25, 0.3) is 0 Å². The number of rotatable bonds is 6. The van der Waals surface area contributed by atoms with Gasteiger partial charge in [0, 0.05) is 6.04 Å². The predicted octanol–water partition coefficient (Wildman–Crippen LogP) is 3.63. The SMILES string of the molecule is C=C(CC)CC(NCC)C1OCCc2ccccc21. The van der Waals surface area contributed by atoms with Gasteiger partial charge in [0.1, 0.15) is 0 Å². The second-order valence-electron chi connectivity index (χ2n) is 5.21. The van der Waals surface area contributed by atoms with E-state index in [1.807, 2.05) is 0 Å². The maximum Gasteiger partial charge on any atom is 0.0983 e. The fourth-order valence-electron chi connectivity index (χ4n) is 2.76. The van der Waals surface area contributed by atoms with E-state index in [-0.39, 0.29) is 6.10 Å². The molecule has 0 fully saturated rings. The molecule has 0 saturated carbocycles. The Kier molecular flexibility index (Phi) is 5.17. The van der Waals surface area contributed by atoms with E-state index in [0.717, 1.165) is 32.4 Å². The van der Waals surface area contributed by atoms with Crippen LogP contribution in [0.3, 0.4) is 0 Å². The van der Waals surface area contributed by atoms with Crippen molar-refractivity contribution in [3.05, 3.63) is 47.5 Å². The van der Waals surface area contributed by atoms with Gasteiger partial charge in [0.15, 0.2) is 0 Å². The number of fused-ring (bicyclic) bond motifs is 1. The lowest BCUT2D eigenvalue weighted by molar-refractivity contribution is 0.0157. The van der Waals surface area contributed by atoms with Gasteiger partial charge in [-0.25, -0.2) is 0 Å². The van der Waals surface area contributed by atoms with E-state index < -0.39 is 0 Å². The molecule has 0 aromatic heterocycles. The molecular weight excluding hydrogens is 234 g/mol. The summed E-state index contributed by atoms with van der Waals surface area (Å²) >= 11 is 0. The summed E-state index contributed by atoms with van der Waals surface area (Å²) < 4.78 is 6.06. The van der Waals surface area contributed by atoms with Crippen molar-refractivity contribution in [2.45, 2.75) is 45.3 Å². The number of benzene rings is 1. The van der Waals surface area contributed by atoms with E-state index in [9.17, 15) is 0 Å². The normalized spacial score (nSPS) is 19.8. The van der Waals surface area contributed by atoms with Gasteiger partial charge in [-0.1, -0.05) is 50.3 Å². The lowest BCUT2D eigenvalue weighted by atomic mass is 9.90. The van der Waals surface area contributed by atoms with E-state index in [1.54, 1.807) is 0 Å². The Hall–Kier alpha value is -1.12. The van der Waals surface area contributed by atoms with E-state index in [4.69, 9.17) is 4.74 Å². The Balaban J connectivity index is 2.20. The second kappa shape index (κ2) is 6.88. The summed E-state index contributed by atoms with van der Waals surface area (Å²) in [5, 5.41) is 3.57. The highest BCUT2D eigenvalue weighted by atomic mass is 16.5. The number of hydrogen-bond acceptors (Lipinski definition) is 2. The monoisotopic (exact) mass is 259 g/mol. The van der Waals surface area contributed by atoms with Crippen molar-refractivity contribution >= 4 is 0 Å². The molecule has 1 aromatic carbocycles. The van der Waals surface area contributed by atoms with Crippen molar-refractivity contribution in [1.29, 1.82) is 0 Å².